The standard InChI is InChI=1S/C38H51BF2N8O3/c1-19(2)48-21(4)43-29-25(40)14-22(15-27(29)48)28-26(41)17-42-32(44-28)46-30-20(3)23-16-38(52)35(9,10)49(37(13,39)36(11,12)51)34(7,8)33(5,6)47(38)18-24(23)31(50)45-30/h14-15,17,19,51-52H,16,18H2,1-13H3,(H2,42,44,45,46,50). The molecular weight excluding hydrogens is 665 g/mol. The number of pyridine rings is 1. The number of benzene rings is 1. The van der Waals surface area contributed by atoms with Gasteiger partial charge in [0.05, 0.1) is 30.7 Å². The van der Waals surface area contributed by atoms with Gasteiger partial charge in [-0.05, 0) is 106 Å². The van der Waals surface area contributed by atoms with Crippen LogP contribution in [0.4, 0.5) is 20.5 Å². The summed E-state index contributed by atoms with van der Waals surface area (Å²) >= 11 is 0. The van der Waals surface area contributed by atoms with Crippen molar-refractivity contribution in [3.63, 3.8) is 0 Å². The van der Waals surface area contributed by atoms with E-state index < -0.39 is 45.0 Å². The van der Waals surface area contributed by atoms with Gasteiger partial charge >= 0.3 is 0 Å². The van der Waals surface area contributed by atoms with E-state index in [-0.39, 0.29) is 53.1 Å². The molecule has 4 aromatic rings. The lowest BCUT2D eigenvalue weighted by molar-refractivity contribution is -0.327. The number of fused-ring (bicyclic) bond motifs is 3. The van der Waals surface area contributed by atoms with Crippen LogP contribution in [-0.2, 0) is 13.0 Å². The lowest BCUT2D eigenvalue weighted by Gasteiger charge is -2.76. The highest BCUT2D eigenvalue weighted by molar-refractivity contribution is 6.16. The zero-order chi connectivity index (χ0) is 38.9. The summed E-state index contributed by atoms with van der Waals surface area (Å²) in [7, 11) is 7.02. The molecule has 0 amide bonds. The van der Waals surface area contributed by atoms with Gasteiger partial charge in [0, 0.05) is 46.7 Å². The SMILES string of the molecule is [B]C(C)(N1C(C)(C)C(C)(C)N2Cc3c(c(C)c(Nc4ncc(F)c(-c5cc(F)c6nc(C)n(C(C)C)c6c5)n4)[nH]c3=O)CC2(O)C1(C)C)C(C)(C)O. The van der Waals surface area contributed by atoms with Crippen molar-refractivity contribution >= 4 is 30.6 Å². The number of halogens is 2. The van der Waals surface area contributed by atoms with Gasteiger partial charge in [-0.1, -0.05) is 6.92 Å². The molecule has 2 aliphatic heterocycles. The number of nitrogens with one attached hydrogen (secondary N) is 2. The molecule has 1 fully saturated rings. The Labute approximate surface area is 305 Å². The lowest BCUT2D eigenvalue weighted by atomic mass is 9.57. The zero-order valence-corrected chi connectivity index (χ0v) is 32.5. The first-order chi connectivity index (χ1) is 23.7. The van der Waals surface area contributed by atoms with Crippen LogP contribution in [0.1, 0.15) is 105 Å². The summed E-state index contributed by atoms with van der Waals surface area (Å²) in [4.78, 5) is 33.8. The van der Waals surface area contributed by atoms with Crippen LogP contribution in [0, 0.1) is 25.5 Å². The van der Waals surface area contributed by atoms with Gasteiger partial charge in [0.25, 0.3) is 5.56 Å². The number of aromatic nitrogens is 5. The fourth-order valence-corrected chi connectivity index (χ4v) is 8.88. The summed E-state index contributed by atoms with van der Waals surface area (Å²) < 4.78 is 32.5. The molecule has 0 aliphatic carbocycles. The van der Waals surface area contributed by atoms with E-state index in [1.54, 1.807) is 33.8 Å². The number of aromatic amines is 1. The van der Waals surface area contributed by atoms with E-state index in [1.807, 2.05) is 76.7 Å². The van der Waals surface area contributed by atoms with Crippen LogP contribution in [0.3, 0.4) is 0 Å². The minimum absolute atomic E-state index is 0.0118. The van der Waals surface area contributed by atoms with Crippen molar-refractivity contribution in [2.75, 3.05) is 5.32 Å². The first-order valence-electron chi connectivity index (χ1n) is 17.7. The third-order valence-corrected chi connectivity index (χ3v) is 12.6. The number of aliphatic hydroxyl groups is 2. The molecular formula is C38H51BF2N8O3. The number of rotatable bonds is 6. The predicted octanol–water partition coefficient (Wildman–Crippen LogP) is 5.75. The highest BCUT2D eigenvalue weighted by atomic mass is 19.1. The molecule has 1 aromatic carbocycles. The number of aryl methyl sites for hydroxylation is 1. The third kappa shape index (κ3) is 5.19. The van der Waals surface area contributed by atoms with Crippen molar-refractivity contribution in [1.29, 1.82) is 0 Å². The average Bonchev–Trinajstić information content (AvgIpc) is 3.35. The number of H-pyrrole nitrogens is 1. The summed E-state index contributed by atoms with van der Waals surface area (Å²) in [5.41, 5.74) is -4.45. The average molecular weight is 717 g/mol. The summed E-state index contributed by atoms with van der Waals surface area (Å²) in [6, 6.07) is 2.85. The van der Waals surface area contributed by atoms with Gasteiger partial charge < -0.3 is 25.1 Å². The highest BCUT2D eigenvalue weighted by Gasteiger charge is 2.71. The molecule has 4 N–H and O–H groups in total. The maximum atomic E-state index is 15.3. The molecule has 278 valence electrons. The Bertz CT molecular complexity index is 2170. The Morgan fingerprint density at radius 3 is 2.21 bits per heavy atom. The highest BCUT2D eigenvalue weighted by Crippen LogP contribution is 2.57. The van der Waals surface area contributed by atoms with Crippen LogP contribution in [0.25, 0.3) is 22.3 Å². The zero-order valence-electron chi connectivity index (χ0n) is 32.5. The van der Waals surface area contributed by atoms with E-state index in [9.17, 15) is 15.0 Å². The van der Waals surface area contributed by atoms with Gasteiger partial charge in [-0.3, -0.25) is 14.6 Å². The van der Waals surface area contributed by atoms with Gasteiger partial charge in [0.15, 0.2) is 11.6 Å². The molecule has 2 unspecified atom stereocenters. The van der Waals surface area contributed by atoms with Crippen LogP contribution in [-0.4, -0.2) is 85.7 Å². The Morgan fingerprint density at radius 2 is 1.62 bits per heavy atom. The molecule has 0 bridgehead atoms. The molecule has 3 aromatic heterocycles. The van der Waals surface area contributed by atoms with Crippen LogP contribution in [0.15, 0.2) is 23.1 Å². The fourth-order valence-electron chi connectivity index (χ4n) is 8.88. The minimum atomic E-state index is -1.55. The molecule has 2 atom stereocenters. The molecule has 2 aliphatic rings. The van der Waals surface area contributed by atoms with Gasteiger partial charge in [-0.15, -0.1) is 0 Å². The molecule has 2 radical (unpaired) electrons. The summed E-state index contributed by atoms with van der Waals surface area (Å²) in [6.07, 6.45) is 1.06. The van der Waals surface area contributed by atoms with E-state index in [2.05, 4.69) is 25.3 Å². The second-order valence-electron chi connectivity index (χ2n) is 17.2. The molecule has 1 saturated heterocycles. The van der Waals surface area contributed by atoms with Gasteiger partial charge in [-0.25, -0.2) is 23.7 Å². The number of piperazine rings is 1. The van der Waals surface area contributed by atoms with Crippen molar-refractivity contribution in [2.24, 2.45) is 0 Å². The number of nitrogens with zero attached hydrogens (tertiary/aromatic N) is 6. The summed E-state index contributed by atoms with van der Waals surface area (Å²) in [5.74, 6) is -0.452. The second kappa shape index (κ2) is 11.6. The lowest BCUT2D eigenvalue weighted by Crippen LogP contribution is -2.90. The van der Waals surface area contributed by atoms with Crippen molar-refractivity contribution in [2.45, 2.75) is 142 Å². The third-order valence-electron chi connectivity index (χ3n) is 12.6. The monoisotopic (exact) mass is 716 g/mol. The van der Waals surface area contributed by atoms with E-state index >= 15 is 8.78 Å². The summed E-state index contributed by atoms with van der Waals surface area (Å²) in [6.45, 7) is 24.8. The quantitative estimate of drug-likeness (QED) is 0.184. The molecule has 11 nitrogen and oxygen atoms in total. The first-order valence-corrected chi connectivity index (χ1v) is 17.7. The Kier molecular flexibility index (Phi) is 8.51. The minimum Gasteiger partial charge on any atom is -0.389 e. The van der Waals surface area contributed by atoms with E-state index in [4.69, 9.17) is 7.85 Å². The van der Waals surface area contributed by atoms with E-state index in [0.29, 0.717) is 28.0 Å². The summed E-state index contributed by atoms with van der Waals surface area (Å²) in [5, 5.41) is 27.4. The molecule has 6 rings (SSSR count). The molecule has 52 heavy (non-hydrogen) atoms. The topological polar surface area (TPSA) is 135 Å². The van der Waals surface area contributed by atoms with Gasteiger partial charge in [-0.2, -0.15) is 0 Å². The van der Waals surface area contributed by atoms with Crippen molar-refractivity contribution in [3.05, 3.63) is 62.8 Å². The number of hydrogen-bond donors (Lipinski definition) is 4. The van der Waals surface area contributed by atoms with Crippen molar-refractivity contribution in [3.8, 4) is 11.3 Å². The van der Waals surface area contributed by atoms with E-state index in [1.165, 1.54) is 6.07 Å². The number of anilines is 2. The van der Waals surface area contributed by atoms with Crippen molar-refractivity contribution in [1.82, 2.24) is 34.3 Å². The second-order valence-corrected chi connectivity index (χ2v) is 17.2. The molecule has 0 saturated carbocycles. The predicted molar refractivity (Wildman–Crippen MR) is 200 cm³/mol. The van der Waals surface area contributed by atoms with Crippen molar-refractivity contribution < 1.29 is 19.0 Å². The van der Waals surface area contributed by atoms with Crippen LogP contribution in [0.2, 0.25) is 0 Å². The Hall–Kier alpha value is -3.72. The normalized spacial score (nSPS) is 22.7. The molecule has 5 heterocycles. The van der Waals surface area contributed by atoms with Gasteiger partial charge in [0.1, 0.15) is 28.6 Å². The molecule has 0 spiro atoms. The van der Waals surface area contributed by atoms with Crippen LogP contribution < -0.4 is 10.9 Å². The smallest absolute Gasteiger partial charge is 0.254 e. The maximum Gasteiger partial charge on any atom is 0.254 e. The van der Waals surface area contributed by atoms with Gasteiger partial charge in [0.2, 0.25) is 5.95 Å². The van der Waals surface area contributed by atoms with E-state index in [0.717, 1.165) is 6.20 Å². The van der Waals surface area contributed by atoms with Crippen LogP contribution >= 0.6 is 0 Å². The number of hydrogen-bond acceptors (Lipinski definition) is 9. The molecule has 14 heteroatoms. The Morgan fingerprint density at radius 1 is 0.981 bits per heavy atom. The largest absolute Gasteiger partial charge is 0.389 e. The first kappa shape index (κ1) is 38.0. The maximum absolute atomic E-state index is 15.3. The fraction of sp³-hybridized carbons (Fsp3) is 0.579. The number of imidazole rings is 1. The van der Waals surface area contributed by atoms with Crippen LogP contribution in [0.5, 0.6) is 0 Å². The Balaban J connectivity index is 1.43.